The van der Waals surface area contributed by atoms with E-state index < -0.39 is 16.1 Å². The molecule has 0 radical (unpaired) electrons. The van der Waals surface area contributed by atoms with Gasteiger partial charge in [0.2, 0.25) is 15.9 Å². The van der Waals surface area contributed by atoms with Crippen LogP contribution in [0, 0.1) is 0 Å². The summed E-state index contributed by atoms with van der Waals surface area (Å²) in [7, 11) is -0.582. The van der Waals surface area contributed by atoms with E-state index >= 15 is 0 Å². The van der Waals surface area contributed by atoms with Crippen LogP contribution in [0.1, 0.15) is 12.7 Å². The number of nitrogens with zero attached hydrogens (tertiary/aromatic N) is 2. The Morgan fingerprint density at radius 3 is 2.57 bits per heavy atom. The van der Waals surface area contributed by atoms with Gasteiger partial charge in [-0.05, 0) is 6.92 Å². The van der Waals surface area contributed by atoms with Gasteiger partial charge < -0.3 is 9.42 Å². The summed E-state index contributed by atoms with van der Waals surface area (Å²) in [6.45, 7) is 1.50. The molecule has 2 aromatic rings. The van der Waals surface area contributed by atoms with Crippen molar-refractivity contribution in [1.29, 1.82) is 0 Å². The number of carbonyl (C=O) groups is 1. The molecule has 0 bridgehead atoms. The number of benzene rings is 1. The standard InChI is InChI=1S/C15H19N3O4S/c1-11(15(19)18(2)3)17-23(20,21)10-13-9-14(16-22-13)12-7-5-4-6-8-12/h4-9,11,17H,10H2,1-3H3. The second kappa shape index (κ2) is 6.93. The molecule has 0 fully saturated rings. The van der Waals surface area contributed by atoms with Crippen molar-refractivity contribution in [2.24, 2.45) is 0 Å². The molecule has 0 aliphatic heterocycles. The van der Waals surface area contributed by atoms with E-state index in [9.17, 15) is 13.2 Å². The molecule has 0 saturated heterocycles. The Bertz CT molecular complexity index is 769. The summed E-state index contributed by atoms with van der Waals surface area (Å²) < 4.78 is 31.6. The predicted octanol–water partition coefficient (Wildman–Crippen LogP) is 1.24. The summed E-state index contributed by atoms with van der Waals surface area (Å²) in [6, 6.07) is 10.0. The Kier molecular flexibility index (Phi) is 5.17. The maximum atomic E-state index is 12.1. The lowest BCUT2D eigenvalue weighted by atomic mass is 10.1. The number of likely N-dealkylation sites (N-methyl/N-ethyl adjacent to an activating group) is 1. The van der Waals surface area contributed by atoms with Crippen molar-refractivity contribution in [3.63, 3.8) is 0 Å². The maximum Gasteiger partial charge on any atom is 0.239 e. The lowest BCUT2D eigenvalue weighted by Crippen LogP contribution is -2.44. The summed E-state index contributed by atoms with van der Waals surface area (Å²) in [5.41, 5.74) is 1.40. The van der Waals surface area contributed by atoms with Crippen molar-refractivity contribution in [3.8, 4) is 11.3 Å². The molecule has 7 nitrogen and oxygen atoms in total. The lowest BCUT2D eigenvalue weighted by Gasteiger charge is -2.17. The highest BCUT2D eigenvalue weighted by atomic mass is 32.2. The molecular weight excluding hydrogens is 318 g/mol. The van der Waals surface area contributed by atoms with Crippen molar-refractivity contribution >= 4 is 15.9 Å². The first-order chi connectivity index (χ1) is 10.8. The summed E-state index contributed by atoms with van der Waals surface area (Å²) in [6.07, 6.45) is 0. The molecule has 1 aromatic heterocycles. The Balaban J connectivity index is 2.07. The molecule has 1 N–H and O–H groups in total. The second-order valence-corrected chi connectivity index (χ2v) is 7.13. The lowest BCUT2D eigenvalue weighted by molar-refractivity contribution is -0.130. The van der Waals surface area contributed by atoms with Gasteiger partial charge in [0.1, 0.15) is 11.4 Å². The van der Waals surface area contributed by atoms with Gasteiger partial charge in [-0.15, -0.1) is 0 Å². The fourth-order valence-corrected chi connectivity index (χ4v) is 3.30. The minimum atomic E-state index is -3.71. The topological polar surface area (TPSA) is 92.5 Å². The number of amides is 1. The molecule has 1 amide bonds. The number of carbonyl (C=O) groups excluding carboxylic acids is 1. The number of nitrogens with one attached hydrogen (secondary N) is 1. The summed E-state index contributed by atoms with van der Waals surface area (Å²) >= 11 is 0. The van der Waals surface area contributed by atoms with Crippen LogP contribution in [0.25, 0.3) is 11.3 Å². The van der Waals surface area contributed by atoms with Crippen molar-refractivity contribution < 1.29 is 17.7 Å². The van der Waals surface area contributed by atoms with Crippen LogP contribution in [-0.4, -0.2) is 44.5 Å². The second-order valence-electron chi connectivity index (χ2n) is 5.38. The quantitative estimate of drug-likeness (QED) is 0.856. The van der Waals surface area contributed by atoms with Gasteiger partial charge in [0.05, 0.1) is 6.04 Å². The van der Waals surface area contributed by atoms with E-state index in [-0.39, 0.29) is 17.4 Å². The molecule has 124 valence electrons. The first-order valence-corrected chi connectivity index (χ1v) is 8.66. The Labute approximate surface area is 135 Å². The highest BCUT2D eigenvalue weighted by Gasteiger charge is 2.23. The monoisotopic (exact) mass is 337 g/mol. The minimum absolute atomic E-state index is 0.209. The fraction of sp³-hybridized carbons (Fsp3) is 0.333. The van der Waals surface area contributed by atoms with Gasteiger partial charge in [-0.25, -0.2) is 13.1 Å². The average Bonchev–Trinajstić information content (AvgIpc) is 2.94. The SMILES string of the molecule is CC(NS(=O)(=O)Cc1cc(-c2ccccc2)no1)C(=O)N(C)C. The van der Waals surface area contributed by atoms with Crippen LogP contribution in [0.5, 0.6) is 0 Å². The Morgan fingerprint density at radius 2 is 1.96 bits per heavy atom. The molecule has 1 atom stereocenters. The highest BCUT2D eigenvalue weighted by molar-refractivity contribution is 7.88. The maximum absolute atomic E-state index is 12.1. The van der Waals surface area contributed by atoms with Crippen LogP contribution >= 0.6 is 0 Å². The predicted molar refractivity (Wildman–Crippen MR) is 85.9 cm³/mol. The van der Waals surface area contributed by atoms with Crippen molar-refractivity contribution in [1.82, 2.24) is 14.8 Å². The molecule has 8 heteroatoms. The molecule has 1 unspecified atom stereocenters. The number of hydrogen-bond donors (Lipinski definition) is 1. The molecule has 1 heterocycles. The largest absolute Gasteiger partial charge is 0.360 e. The van der Waals surface area contributed by atoms with E-state index in [4.69, 9.17) is 4.52 Å². The highest BCUT2D eigenvalue weighted by Crippen LogP contribution is 2.19. The first-order valence-electron chi connectivity index (χ1n) is 7.00. The zero-order valence-corrected chi connectivity index (χ0v) is 14.0. The third-order valence-electron chi connectivity index (χ3n) is 3.13. The van der Waals surface area contributed by atoms with Crippen LogP contribution in [0.15, 0.2) is 40.9 Å². The van der Waals surface area contributed by atoms with Crippen LogP contribution in [0.2, 0.25) is 0 Å². The summed E-state index contributed by atoms with van der Waals surface area (Å²) in [5, 5.41) is 3.87. The first kappa shape index (κ1) is 17.2. The Morgan fingerprint density at radius 1 is 1.30 bits per heavy atom. The minimum Gasteiger partial charge on any atom is -0.360 e. The van der Waals surface area contributed by atoms with Crippen LogP contribution in [0.3, 0.4) is 0 Å². The fourth-order valence-electron chi connectivity index (χ4n) is 2.06. The molecular formula is C15H19N3O4S. The van der Waals surface area contributed by atoms with Crippen LogP contribution in [-0.2, 0) is 20.6 Å². The summed E-state index contributed by atoms with van der Waals surface area (Å²) in [5.74, 6) is -0.491. The van der Waals surface area contributed by atoms with E-state index in [2.05, 4.69) is 9.88 Å². The van der Waals surface area contributed by atoms with Crippen LogP contribution in [0.4, 0.5) is 0 Å². The molecule has 0 saturated carbocycles. The van der Waals surface area contributed by atoms with Gasteiger partial charge in [-0.1, -0.05) is 35.5 Å². The molecule has 0 aliphatic rings. The van der Waals surface area contributed by atoms with E-state index in [1.807, 2.05) is 30.3 Å². The smallest absolute Gasteiger partial charge is 0.239 e. The average molecular weight is 337 g/mol. The van der Waals surface area contributed by atoms with Crippen molar-refractivity contribution in [2.45, 2.75) is 18.7 Å². The van der Waals surface area contributed by atoms with Gasteiger partial charge in [0, 0.05) is 25.7 Å². The molecule has 23 heavy (non-hydrogen) atoms. The third-order valence-corrected chi connectivity index (χ3v) is 4.51. The molecule has 2 rings (SSSR count). The van der Waals surface area contributed by atoms with E-state index in [1.54, 1.807) is 20.2 Å². The van der Waals surface area contributed by atoms with Gasteiger partial charge in [-0.3, -0.25) is 4.79 Å². The number of rotatable bonds is 6. The zero-order chi connectivity index (χ0) is 17.0. The van der Waals surface area contributed by atoms with Crippen LogP contribution < -0.4 is 4.72 Å². The zero-order valence-electron chi connectivity index (χ0n) is 13.2. The number of aromatic nitrogens is 1. The normalized spacial score (nSPS) is 12.8. The summed E-state index contributed by atoms with van der Waals surface area (Å²) in [4.78, 5) is 13.1. The molecule has 1 aromatic carbocycles. The van der Waals surface area contributed by atoms with E-state index in [0.717, 1.165) is 5.56 Å². The van der Waals surface area contributed by atoms with Crippen molar-refractivity contribution in [3.05, 3.63) is 42.2 Å². The molecule has 0 aliphatic carbocycles. The number of hydrogen-bond acceptors (Lipinski definition) is 5. The number of sulfonamides is 1. The molecule has 0 spiro atoms. The van der Waals surface area contributed by atoms with Gasteiger partial charge in [0.15, 0.2) is 5.76 Å². The van der Waals surface area contributed by atoms with Crippen molar-refractivity contribution in [2.75, 3.05) is 14.1 Å². The van der Waals surface area contributed by atoms with E-state index in [0.29, 0.717) is 5.69 Å². The Hall–Kier alpha value is -2.19. The van der Waals surface area contributed by atoms with Gasteiger partial charge in [0.25, 0.3) is 0 Å². The third kappa shape index (κ3) is 4.64. The van der Waals surface area contributed by atoms with Gasteiger partial charge in [-0.2, -0.15) is 0 Å². The van der Waals surface area contributed by atoms with E-state index in [1.165, 1.54) is 11.8 Å². The van der Waals surface area contributed by atoms with Gasteiger partial charge >= 0.3 is 0 Å².